The molecule has 110 valence electrons. The van der Waals surface area contributed by atoms with Crippen molar-refractivity contribution in [1.82, 2.24) is 0 Å². The van der Waals surface area contributed by atoms with E-state index in [1.165, 1.54) is 0 Å². The molecule has 1 unspecified atom stereocenters. The van der Waals surface area contributed by atoms with Gasteiger partial charge in [0, 0.05) is 11.5 Å². The molecule has 4 heteroatoms. The smallest absolute Gasteiger partial charge is 0.303 e. The summed E-state index contributed by atoms with van der Waals surface area (Å²) in [6, 6.07) is 3.90. The zero-order valence-electron chi connectivity index (χ0n) is 12.3. The molecule has 2 rings (SSSR count). The monoisotopic (exact) mass is 278 g/mol. The average molecular weight is 278 g/mol. The van der Waals surface area contributed by atoms with E-state index in [2.05, 4.69) is 0 Å². The van der Waals surface area contributed by atoms with Crippen molar-refractivity contribution in [1.29, 1.82) is 0 Å². The van der Waals surface area contributed by atoms with Crippen molar-refractivity contribution in [2.45, 2.75) is 39.0 Å². The first-order chi connectivity index (χ1) is 9.56. The van der Waals surface area contributed by atoms with Crippen LogP contribution >= 0.6 is 0 Å². The first-order valence-electron chi connectivity index (χ1n) is 7.10. The lowest BCUT2D eigenvalue weighted by atomic mass is 9.89. The highest BCUT2D eigenvalue weighted by molar-refractivity contribution is 5.68. The van der Waals surface area contributed by atoms with Crippen molar-refractivity contribution >= 4 is 5.97 Å². The summed E-state index contributed by atoms with van der Waals surface area (Å²) in [5.74, 6) is 1.30. The summed E-state index contributed by atoms with van der Waals surface area (Å²) < 4.78 is 11.1. The third-order valence-electron chi connectivity index (χ3n) is 3.81. The number of aryl methyl sites for hydroxylation is 1. The van der Waals surface area contributed by atoms with E-state index in [1.54, 1.807) is 7.11 Å². The molecule has 0 spiro atoms. The van der Waals surface area contributed by atoms with Gasteiger partial charge in [0.2, 0.25) is 0 Å². The summed E-state index contributed by atoms with van der Waals surface area (Å²) >= 11 is 0. The molecule has 1 aromatic carbocycles. The Kier molecular flexibility index (Phi) is 4.53. The van der Waals surface area contributed by atoms with E-state index in [9.17, 15) is 4.79 Å². The molecule has 4 nitrogen and oxygen atoms in total. The first kappa shape index (κ1) is 14.7. The molecule has 0 heterocycles. The van der Waals surface area contributed by atoms with E-state index in [-0.39, 0.29) is 12.3 Å². The maximum absolute atomic E-state index is 11.1. The van der Waals surface area contributed by atoms with Crippen molar-refractivity contribution in [3.63, 3.8) is 0 Å². The molecule has 0 radical (unpaired) electrons. The van der Waals surface area contributed by atoms with Crippen LogP contribution in [0.3, 0.4) is 0 Å². The highest BCUT2D eigenvalue weighted by Gasteiger charge is 2.35. The fourth-order valence-electron chi connectivity index (χ4n) is 2.67. The molecule has 1 N–H and O–H groups in total. The summed E-state index contributed by atoms with van der Waals surface area (Å²) in [6.07, 6.45) is 2.34. The van der Waals surface area contributed by atoms with Crippen molar-refractivity contribution < 1.29 is 19.4 Å². The van der Waals surface area contributed by atoms with Gasteiger partial charge in [0.25, 0.3) is 0 Å². The van der Waals surface area contributed by atoms with E-state index in [1.807, 2.05) is 26.0 Å². The lowest BCUT2D eigenvalue weighted by molar-refractivity contribution is -0.137. The number of rotatable bonds is 7. The maximum atomic E-state index is 11.1. The van der Waals surface area contributed by atoms with Crippen LogP contribution in [0.1, 0.15) is 43.2 Å². The maximum Gasteiger partial charge on any atom is 0.303 e. The van der Waals surface area contributed by atoms with Gasteiger partial charge in [-0.25, -0.2) is 0 Å². The van der Waals surface area contributed by atoms with Crippen molar-refractivity contribution in [2.75, 3.05) is 13.7 Å². The Morgan fingerprint density at radius 3 is 2.60 bits per heavy atom. The molecule has 0 aromatic heterocycles. The van der Waals surface area contributed by atoms with E-state index in [4.69, 9.17) is 14.6 Å². The van der Waals surface area contributed by atoms with Gasteiger partial charge in [-0.1, -0.05) is 0 Å². The van der Waals surface area contributed by atoms with Crippen molar-refractivity contribution in [3.8, 4) is 11.5 Å². The summed E-state index contributed by atoms with van der Waals surface area (Å²) in [4.78, 5) is 11.1. The van der Waals surface area contributed by atoms with Crippen LogP contribution in [0.2, 0.25) is 0 Å². The normalized spacial score (nSPS) is 15.8. The topological polar surface area (TPSA) is 55.8 Å². The quantitative estimate of drug-likeness (QED) is 0.830. The minimum Gasteiger partial charge on any atom is -0.496 e. The molecule has 0 saturated heterocycles. The van der Waals surface area contributed by atoms with Crippen LogP contribution in [0.25, 0.3) is 0 Å². The predicted molar refractivity (Wildman–Crippen MR) is 76.6 cm³/mol. The summed E-state index contributed by atoms with van der Waals surface area (Å²) in [5.41, 5.74) is 1.98. The van der Waals surface area contributed by atoms with Crippen LogP contribution in [0, 0.1) is 12.8 Å². The second kappa shape index (κ2) is 6.16. The fourth-order valence-corrected chi connectivity index (χ4v) is 2.67. The SMILES string of the molecule is CCOc1cc(C(CC(=O)O)C2CC2)c(OC)cc1C. The Morgan fingerprint density at radius 2 is 2.10 bits per heavy atom. The zero-order chi connectivity index (χ0) is 14.7. The fraction of sp³-hybridized carbons (Fsp3) is 0.562. The van der Waals surface area contributed by atoms with Gasteiger partial charge < -0.3 is 14.6 Å². The Bertz CT molecular complexity index is 491. The largest absolute Gasteiger partial charge is 0.496 e. The number of carbonyl (C=O) groups is 1. The number of methoxy groups -OCH3 is 1. The summed E-state index contributed by atoms with van der Waals surface area (Å²) in [5, 5.41) is 9.14. The molecule has 1 aromatic rings. The predicted octanol–water partition coefficient (Wildman–Crippen LogP) is 3.37. The molecule has 0 aliphatic heterocycles. The van der Waals surface area contributed by atoms with E-state index in [0.29, 0.717) is 12.5 Å². The van der Waals surface area contributed by atoms with Gasteiger partial charge in [-0.05, 0) is 50.3 Å². The highest BCUT2D eigenvalue weighted by Crippen LogP contribution is 2.48. The zero-order valence-corrected chi connectivity index (χ0v) is 12.3. The van der Waals surface area contributed by atoms with Crippen molar-refractivity contribution in [3.05, 3.63) is 23.3 Å². The Labute approximate surface area is 119 Å². The number of aliphatic carboxylic acids is 1. The first-order valence-corrected chi connectivity index (χ1v) is 7.10. The number of carboxylic acid groups (broad SMARTS) is 1. The number of ether oxygens (including phenoxy) is 2. The van der Waals surface area contributed by atoms with Crippen molar-refractivity contribution in [2.24, 2.45) is 5.92 Å². The van der Waals surface area contributed by atoms with Gasteiger partial charge in [0.05, 0.1) is 20.1 Å². The third kappa shape index (κ3) is 3.24. The Morgan fingerprint density at radius 1 is 1.40 bits per heavy atom. The van der Waals surface area contributed by atoms with E-state index >= 15 is 0 Å². The minimum absolute atomic E-state index is 0.0160. The van der Waals surface area contributed by atoms with Crippen LogP contribution in [-0.4, -0.2) is 24.8 Å². The molecule has 1 fully saturated rings. The molecular formula is C16H22O4. The van der Waals surface area contributed by atoms with Gasteiger partial charge in [0.1, 0.15) is 11.5 Å². The van der Waals surface area contributed by atoms with Gasteiger partial charge in [-0.3, -0.25) is 4.79 Å². The number of hydrogen-bond acceptors (Lipinski definition) is 3. The Hall–Kier alpha value is -1.71. The van der Waals surface area contributed by atoms with Gasteiger partial charge in [-0.2, -0.15) is 0 Å². The average Bonchev–Trinajstić information content (AvgIpc) is 3.22. The number of hydrogen-bond donors (Lipinski definition) is 1. The van der Waals surface area contributed by atoms with Crippen LogP contribution in [0.15, 0.2) is 12.1 Å². The number of benzene rings is 1. The minimum atomic E-state index is -0.762. The molecule has 1 saturated carbocycles. The van der Waals surface area contributed by atoms with Gasteiger partial charge in [0.15, 0.2) is 0 Å². The van der Waals surface area contributed by atoms with E-state index < -0.39 is 5.97 Å². The molecule has 1 aliphatic carbocycles. The lowest BCUT2D eigenvalue weighted by Crippen LogP contribution is -2.10. The number of carboxylic acids is 1. The molecule has 0 bridgehead atoms. The van der Waals surface area contributed by atoms with Crippen LogP contribution in [0.4, 0.5) is 0 Å². The van der Waals surface area contributed by atoms with Crippen LogP contribution in [0.5, 0.6) is 11.5 Å². The third-order valence-corrected chi connectivity index (χ3v) is 3.81. The highest BCUT2D eigenvalue weighted by atomic mass is 16.5. The molecule has 20 heavy (non-hydrogen) atoms. The Balaban J connectivity index is 2.40. The second-order valence-corrected chi connectivity index (χ2v) is 5.33. The second-order valence-electron chi connectivity index (χ2n) is 5.33. The molecule has 1 atom stereocenters. The van der Waals surface area contributed by atoms with E-state index in [0.717, 1.165) is 35.5 Å². The van der Waals surface area contributed by atoms with Gasteiger partial charge >= 0.3 is 5.97 Å². The van der Waals surface area contributed by atoms with Gasteiger partial charge in [-0.15, -0.1) is 0 Å². The summed E-state index contributed by atoms with van der Waals surface area (Å²) in [7, 11) is 1.63. The lowest BCUT2D eigenvalue weighted by Gasteiger charge is -2.20. The molecular weight excluding hydrogens is 256 g/mol. The summed E-state index contributed by atoms with van der Waals surface area (Å²) in [6.45, 7) is 4.51. The molecule has 1 aliphatic rings. The standard InChI is InChI=1S/C16H22O4/c1-4-20-14-8-13(15(19-3)7-10(14)2)12(9-16(17)18)11-5-6-11/h7-8,11-12H,4-6,9H2,1-3H3,(H,17,18). The van der Waals surface area contributed by atoms with Crippen LogP contribution < -0.4 is 9.47 Å². The molecule has 0 amide bonds. The van der Waals surface area contributed by atoms with Crippen LogP contribution in [-0.2, 0) is 4.79 Å².